The van der Waals surface area contributed by atoms with Crippen LogP contribution < -0.4 is 10.2 Å². The van der Waals surface area contributed by atoms with Gasteiger partial charge in [-0.1, -0.05) is 18.2 Å². The zero-order valence-corrected chi connectivity index (χ0v) is 16.9. The van der Waals surface area contributed by atoms with Crippen molar-refractivity contribution in [3.63, 3.8) is 0 Å². The van der Waals surface area contributed by atoms with E-state index in [1.54, 1.807) is 6.92 Å². The number of esters is 1. The number of piperazine rings is 1. The molecule has 0 spiro atoms. The largest absolute Gasteiger partial charge is 0.462 e. The fourth-order valence-electron chi connectivity index (χ4n) is 3.49. The van der Waals surface area contributed by atoms with E-state index >= 15 is 0 Å². The molecule has 2 heterocycles. The Morgan fingerprint density at radius 3 is 2.32 bits per heavy atom. The lowest BCUT2D eigenvalue weighted by Gasteiger charge is -2.36. The van der Waals surface area contributed by atoms with Crippen LogP contribution in [0.1, 0.15) is 28.7 Å². The van der Waals surface area contributed by atoms with Gasteiger partial charge in [0, 0.05) is 45.0 Å². The van der Waals surface area contributed by atoms with Crippen LogP contribution in [0.25, 0.3) is 0 Å². The van der Waals surface area contributed by atoms with Gasteiger partial charge in [-0.15, -0.1) is 0 Å². The molecule has 0 saturated carbocycles. The van der Waals surface area contributed by atoms with Crippen LogP contribution in [0.4, 0.5) is 11.6 Å². The minimum Gasteiger partial charge on any atom is -0.462 e. The van der Waals surface area contributed by atoms with Gasteiger partial charge < -0.3 is 15.0 Å². The average molecular weight is 383 g/mol. The number of ether oxygens (including phenoxy) is 1. The molecule has 0 aliphatic carbocycles. The van der Waals surface area contributed by atoms with Crippen LogP contribution in [0.2, 0.25) is 0 Å². The number of aryl methyl sites for hydroxylation is 2. The SMILES string of the molecule is CCOC(=O)c1c(C)nc(NCCN2CCN(c3ccccc3)CC2)nc1C. The van der Waals surface area contributed by atoms with E-state index in [1.807, 2.05) is 13.8 Å². The zero-order valence-electron chi connectivity index (χ0n) is 16.9. The highest BCUT2D eigenvalue weighted by atomic mass is 16.5. The van der Waals surface area contributed by atoms with Crippen molar-refractivity contribution in [1.82, 2.24) is 14.9 Å². The Labute approximate surface area is 166 Å². The van der Waals surface area contributed by atoms with Gasteiger partial charge in [-0.3, -0.25) is 4.90 Å². The predicted molar refractivity (Wildman–Crippen MR) is 111 cm³/mol. The van der Waals surface area contributed by atoms with Gasteiger partial charge in [0.05, 0.1) is 18.0 Å². The summed E-state index contributed by atoms with van der Waals surface area (Å²) in [6.07, 6.45) is 0. The number of aromatic nitrogens is 2. The third-order valence-electron chi connectivity index (χ3n) is 4.96. The molecule has 1 aromatic carbocycles. The van der Waals surface area contributed by atoms with E-state index < -0.39 is 0 Å². The van der Waals surface area contributed by atoms with Gasteiger partial charge in [-0.2, -0.15) is 0 Å². The Morgan fingerprint density at radius 2 is 1.71 bits per heavy atom. The highest BCUT2D eigenvalue weighted by Crippen LogP contribution is 2.16. The molecule has 1 N–H and O–H groups in total. The molecule has 0 bridgehead atoms. The van der Waals surface area contributed by atoms with Gasteiger partial charge in [0.25, 0.3) is 0 Å². The van der Waals surface area contributed by atoms with E-state index in [1.165, 1.54) is 5.69 Å². The molecule has 150 valence electrons. The predicted octanol–water partition coefficient (Wildman–Crippen LogP) is 2.50. The van der Waals surface area contributed by atoms with E-state index in [0.29, 0.717) is 29.5 Å². The standard InChI is InChI=1S/C21H29N5O2/c1-4-28-20(27)19-16(2)23-21(24-17(19)3)22-10-11-25-12-14-26(15-13-25)18-8-6-5-7-9-18/h5-9H,4,10-15H2,1-3H3,(H,22,23,24). The highest BCUT2D eigenvalue weighted by molar-refractivity contribution is 5.91. The quantitative estimate of drug-likeness (QED) is 0.737. The Balaban J connectivity index is 1.47. The first-order valence-corrected chi connectivity index (χ1v) is 9.87. The van der Waals surface area contributed by atoms with Crippen LogP contribution in [-0.4, -0.2) is 66.7 Å². The van der Waals surface area contributed by atoms with Gasteiger partial charge in [0.1, 0.15) is 5.56 Å². The third-order valence-corrected chi connectivity index (χ3v) is 4.96. The summed E-state index contributed by atoms with van der Waals surface area (Å²) in [5.41, 5.74) is 3.04. The summed E-state index contributed by atoms with van der Waals surface area (Å²) in [6, 6.07) is 10.6. The first kappa shape index (κ1) is 20.1. The fourth-order valence-corrected chi connectivity index (χ4v) is 3.49. The maximum Gasteiger partial charge on any atom is 0.341 e. The Kier molecular flexibility index (Phi) is 6.81. The Bertz CT molecular complexity index is 766. The smallest absolute Gasteiger partial charge is 0.341 e. The summed E-state index contributed by atoms with van der Waals surface area (Å²) in [4.78, 5) is 25.7. The molecule has 7 heteroatoms. The summed E-state index contributed by atoms with van der Waals surface area (Å²) in [7, 11) is 0. The molecule has 1 fully saturated rings. The topological polar surface area (TPSA) is 70.6 Å². The van der Waals surface area contributed by atoms with Crippen LogP contribution in [0.5, 0.6) is 0 Å². The molecular formula is C21H29N5O2. The molecule has 3 rings (SSSR count). The number of anilines is 2. The second-order valence-corrected chi connectivity index (χ2v) is 6.90. The molecule has 1 aliphatic heterocycles. The summed E-state index contributed by atoms with van der Waals surface area (Å²) in [6.45, 7) is 11.6. The number of carbonyl (C=O) groups is 1. The number of nitrogens with zero attached hydrogens (tertiary/aromatic N) is 4. The van der Waals surface area contributed by atoms with E-state index in [9.17, 15) is 4.79 Å². The first-order chi connectivity index (χ1) is 13.6. The van der Waals surface area contributed by atoms with Crippen molar-refractivity contribution in [1.29, 1.82) is 0 Å². The molecule has 0 unspecified atom stereocenters. The monoisotopic (exact) mass is 383 g/mol. The summed E-state index contributed by atoms with van der Waals surface area (Å²) in [5, 5.41) is 3.29. The number of rotatable bonds is 7. The average Bonchev–Trinajstić information content (AvgIpc) is 2.69. The van der Waals surface area contributed by atoms with Gasteiger partial charge in [0.15, 0.2) is 0 Å². The van der Waals surface area contributed by atoms with E-state index in [-0.39, 0.29) is 5.97 Å². The second kappa shape index (κ2) is 9.50. The van der Waals surface area contributed by atoms with Gasteiger partial charge >= 0.3 is 5.97 Å². The van der Waals surface area contributed by atoms with Crippen LogP contribution >= 0.6 is 0 Å². The highest BCUT2D eigenvalue weighted by Gasteiger charge is 2.18. The number of nitrogens with one attached hydrogen (secondary N) is 1. The van der Waals surface area contributed by atoms with Crippen LogP contribution in [-0.2, 0) is 4.74 Å². The van der Waals surface area contributed by atoms with Crippen molar-refractivity contribution in [3.8, 4) is 0 Å². The molecule has 1 saturated heterocycles. The third kappa shape index (κ3) is 4.98. The molecule has 7 nitrogen and oxygen atoms in total. The molecule has 1 aliphatic rings. The summed E-state index contributed by atoms with van der Waals surface area (Å²) < 4.78 is 5.08. The molecule has 0 radical (unpaired) electrons. The minimum absolute atomic E-state index is 0.343. The van der Waals surface area contributed by atoms with Crippen molar-refractivity contribution in [2.24, 2.45) is 0 Å². The lowest BCUT2D eigenvalue weighted by molar-refractivity contribution is 0.0523. The van der Waals surface area contributed by atoms with Gasteiger partial charge in [-0.05, 0) is 32.9 Å². The van der Waals surface area contributed by atoms with Crippen molar-refractivity contribution in [2.45, 2.75) is 20.8 Å². The number of benzene rings is 1. The molecule has 2 aromatic rings. The summed E-state index contributed by atoms with van der Waals surface area (Å²) >= 11 is 0. The van der Waals surface area contributed by atoms with Crippen molar-refractivity contribution in [2.75, 3.05) is 56.1 Å². The van der Waals surface area contributed by atoms with Crippen LogP contribution in [0.15, 0.2) is 30.3 Å². The number of para-hydroxylation sites is 1. The van der Waals surface area contributed by atoms with Crippen molar-refractivity contribution in [3.05, 3.63) is 47.3 Å². The lowest BCUT2D eigenvalue weighted by atomic mass is 10.2. The fraction of sp³-hybridized carbons (Fsp3) is 0.476. The number of hydrogen-bond donors (Lipinski definition) is 1. The molecular weight excluding hydrogens is 354 g/mol. The van der Waals surface area contributed by atoms with Crippen molar-refractivity contribution < 1.29 is 9.53 Å². The van der Waals surface area contributed by atoms with Crippen molar-refractivity contribution >= 4 is 17.6 Å². The zero-order chi connectivity index (χ0) is 19.9. The van der Waals surface area contributed by atoms with Gasteiger partial charge in [-0.25, -0.2) is 14.8 Å². The number of hydrogen-bond acceptors (Lipinski definition) is 7. The summed E-state index contributed by atoms with van der Waals surface area (Å²) in [5.74, 6) is 0.200. The van der Waals surface area contributed by atoms with Gasteiger partial charge in [0.2, 0.25) is 5.95 Å². The second-order valence-electron chi connectivity index (χ2n) is 6.90. The first-order valence-electron chi connectivity index (χ1n) is 9.87. The molecule has 0 atom stereocenters. The molecule has 1 aromatic heterocycles. The Morgan fingerprint density at radius 1 is 1.07 bits per heavy atom. The lowest BCUT2D eigenvalue weighted by Crippen LogP contribution is -2.47. The van der Waals surface area contributed by atoms with E-state index in [4.69, 9.17) is 4.74 Å². The van der Waals surface area contributed by atoms with Crippen LogP contribution in [0, 0.1) is 13.8 Å². The van der Waals surface area contributed by atoms with E-state index in [2.05, 4.69) is 55.4 Å². The Hall–Kier alpha value is -2.67. The van der Waals surface area contributed by atoms with Crippen LogP contribution in [0.3, 0.4) is 0 Å². The molecule has 28 heavy (non-hydrogen) atoms. The minimum atomic E-state index is -0.361. The van der Waals surface area contributed by atoms with E-state index in [0.717, 1.165) is 39.3 Å². The molecule has 0 amide bonds. The normalized spacial score (nSPS) is 14.8. The maximum atomic E-state index is 12.0. The number of carbonyl (C=O) groups excluding carboxylic acids is 1. The maximum absolute atomic E-state index is 12.0.